The topological polar surface area (TPSA) is 107 Å². The minimum atomic E-state index is -0.238. The van der Waals surface area contributed by atoms with Gasteiger partial charge in [0.15, 0.2) is 0 Å². The third-order valence-corrected chi connectivity index (χ3v) is 4.64. The first-order chi connectivity index (χ1) is 12.9. The van der Waals surface area contributed by atoms with E-state index >= 15 is 0 Å². The molecule has 0 atom stereocenters. The molecule has 0 bridgehead atoms. The highest BCUT2D eigenvalue weighted by Crippen LogP contribution is 2.47. The van der Waals surface area contributed by atoms with E-state index < -0.39 is 0 Å². The molecule has 1 aromatic carbocycles. The van der Waals surface area contributed by atoms with Gasteiger partial charge in [-0.25, -0.2) is 0 Å². The van der Waals surface area contributed by atoms with Crippen LogP contribution in [-0.4, -0.2) is 15.9 Å². The highest BCUT2D eigenvalue weighted by atomic mass is 32.2. The number of pyridine rings is 1. The predicted octanol–water partition coefficient (Wildman–Crippen LogP) is 5.37. The van der Waals surface area contributed by atoms with Crippen molar-refractivity contribution in [3.63, 3.8) is 0 Å². The number of nitrogens with zero attached hydrogens (tertiary/aromatic N) is 2. The Morgan fingerprint density at radius 2 is 1.81 bits per heavy atom. The molecule has 0 unspecified atom stereocenters. The molecule has 1 heterocycles. The van der Waals surface area contributed by atoms with Gasteiger partial charge in [-0.1, -0.05) is 31.5 Å². The van der Waals surface area contributed by atoms with Crippen LogP contribution in [0.15, 0.2) is 46.3 Å². The smallest absolute Gasteiger partial charge is 0.0839 e. The number of aromatic nitrogens is 1. The summed E-state index contributed by atoms with van der Waals surface area (Å²) in [5.74, 6) is 0. The normalized spacial score (nSPS) is 12.5. The molecular formula is C20H28N4OS2. The maximum atomic E-state index is 8.97. The summed E-state index contributed by atoms with van der Waals surface area (Å²) in [5, 5.41) is 14.8. The highest BCUT2D eigenvalue weighted by molar-refractivity contribution is 7.93. The average Bonchev–Trinajstić information content (AvgIpc) is 3.49. The van der Waals surface area contributed by atoms with E-state index in [0.717, 1.165) is 52.3 Å². The van der Waals surface area contributed by atoms with Gasteiger partial charge in [0.05, 0.1) is 23.5 Å². The Morgan fingerprint density at radius 1 is 1.30 bits per heavy atom. The molecule has 0 amide bonds. The molecule has 0 aliphatic heterocycles. The van der Waals surface area contributed by atoms with Gasteiger partial charge in [0.1, 0.15) is 0 Å². The molecule has 1 aliphatic rings. The summed E-state index contributed by atoms with van der Waals surface area (Å²) in [5.41, 5.74) is 7.30. The molecule has 27 heavy (non-hydrogen) atoms. The van der Waals surface area contributed by atoms with E-state index in [1.807, 2.05) is 58.0 Å². The zero-order chi connectivity index (χ0) is 20.9. The van der Waals surface area contributed by atoms with Gasteiger partial charge in [0, 0.05) is 28.0 Å². The molecule has 1 saturated carbocycles. The molecular weight excluding hydrogens is 376 g/mol. The maximum Gasteiger partial charge on any atom is 0.0839 e. The monoisotopic (exact) mass is 404 g/mol. The Morgan fingerprint density at radius 3 is 2.19 bits per heavy atom. The summed E-state index contributed by atoms with van der Waals surface area (Å²) >= 11 is 5.07. The van der Waals surface area contributed by atoms with Gasteiger partial charge in [-0.3, -0.25) is 10.4 Å². The fraction of sp³-hybridized carbons (Fsp3) is 0.350. The summed E-state index contributed by atoms with van der Waals surface area (Å²) in [7, 11) is 0. The van der Waals surface area contributed by atoms with Crippen LogP contribution < -0.4 is 5.73 Å². The zero-order valence-corrected chi connectivity index (χ0v) is 17.9. The minimum Gasteiger partial charge on any atom is -0.390 e. The maximum absolute atomic E-state index is 8.97. The fourth-order valence-electron chi connectivity index (χ4n) is 1.97. The molecule has 0 spiro atoms. The van der Waals surface area contributed by atoms with Crippen molar-refractivity contribution < 1.29 is 4.55 Å². The van der Waals surface area contributed by atoms with E-state index in [1.165, 1.54) is 5.56 Å². The number of benzene rings is 1. The van der Waals surface area contributed by atoms with Crippen LogP contribution >= 0.6 is 24.7 Å². The number of thiol groups is 1. The van der Waals surface area contributed by atoms with Gasteiger partial charge >= 0.3 is 0 Å². The quantitative estimate of drug-likeness (QED) is 0.233. The summed E-state index contributed by atoms with van der Waals surface area (Å²) in [4.78, 5) is 5.97. The van der Waals surface area contributed by atoms with Crippen LogP contribution in [0.4, 0.5) is 0 Å². The Bertz CT molecular complexity index is 739. The number of aryl methyl sites for hydroxylation is 2. The lowest BCUT2D eigenvalue weighted by Crippen LogP contribution is -2.03. The van der Waals surface area contributed by atoms with Gasteiger partial charge in [-0.05, 0) is 50.5 Å². The number of nitriles is 1. The van der Waals surface area contributed by atoms with E-state index in [1.54, 1.807) is 6.20 Å². The third-order valence-electron chi connectivity index (χ3n) is 3.70. The van der Waals surface area contributed by atoms with Crippen molar-refractivity contribution in [3.8, 4) is 6.07 Å². The first-order valence-electron chi connectivity index (χ1n) is 8.58. The van der Waals surface area contributed by atoms with Crippen molar-refractivity contribution in [2.75, 3.05) is 0 Å². The number of nitrogens with one attached hydrogen (secondary N) is 1. The molecule has 2 aromatic rings. The summed E-state index contributed by atoms with van der Waals surface area (Å²) in [6.07, 6.45) is 4.47. The fourth-order valence-corrected chi connectivity index (χ4v) is 2.43. The summed E-state index contributed by atoms with van der Waals surface area (Å²) in [6, 6.07) is 12.0. The lowest BCUT2D eigenvalue weighted by Gasteiger charge is -2.06. The third kappa shape index (κ3) is 8.48. The molecule has 146 valence electrons. The lowest BCUT2D eigenvalue weighted by molar-refractivity contribution is 0.664. The van der Waals surface area contributed by atoms with E-state index in [4.69, 9.17) is 15.2 Å². The average molecular weight is 405 g/mol. The molecule has 4 N–H and O–H groups in total. The second kappa shape index (κ2) is 13.2. The Balaban J connectivity index is 0.000000422. The van der Waals surface area contributed by atoms with Crippen molar-refractivity contribution in [2.24, 2.45) is 5.73 Å². The van der Waals surface area contributed by atoms with Crippen molar-refractivity contribution in [1.82, 2.24) is 4.98 Å². The molecule has 0 saturated heterocycles. The van der Waals surface area contributed by atoms with Crippen molar-refractivity contribution in [1.29, 1.82) is 10.7 Å². The van der Waals surface area contributed by atoms with Crippen LogP contribution in [-0.2, 0) is 5.41 Å². The molecule has 5 nitrogen and oxygen atoms in total. The zero-order valence-electron chi connectivity index (χ0n) is 16.2. The van der Waals surface area contributed by atoms with Gasteiger partial charge in [0.2, 0.25) is 0 Å². The SMILES string of the molecule is CC.Cc1ccc(SO)cc1.Cc1ncc(C2(C#N)CC2)cc1S.N=CN. The van der Waals surface area contributed by atoms with Crippen LogP contribution in [0, 0.1) is 30.6 Å². The summed E-state index contributed by atoms with van der Waals surface area (Å²) in [6.45, 7) is 7.93. The largest absolute Gasteiger partial charge is 0.390 e. The van der Waals surface area contributed by atoms with Crippen molar-refractivity contribution in [3.05, 3.63) is 53.3 Å². The molecule has 0 radical (unpaired) electrons. The van der Waals surface area contributed by atoms with E-state index in [-0.39, 0.29) is 5.41 Å². The van der Waals surface area contributed by atoms with E-state index in [2.05, 4.69) is 29.4 Å². The first-order valence-corrected chi connectivity index (χ1v) is 9.80. The molecule has 7 heteroatoms. The Labute approximate surface area is 172 Å². The van der Waals surface area contributed by atoms with Crippen molar-refractivity contribution in [2.45, 2.75) is 55.7 Å². The van der Waals surface area contributed by atoms with Crippen molar-refractivity contribution >= 4 is 31.0 Å². The van der Waals surface area contributed by atoms with Crippen LogP contribution in [0.1, 0.15) is 43.5 Å². The molecule has 3 rings (SSSR count). The van der Waals surface area contributed by atoms with Crippen LogP contribution in [0.2, 0.25) is 0 Å². The van der Waals surface area contributed by atoms with Crippen LogP contribution in [0.5, 0.6) is 0 Å². The Kier molecular flexibility index (Phi) is 12.2. The van der Waals surface area contributed by atoms with Crippen LogP contribution in [0.25, 0.3) is 0 Å². The van der Waals surface area contributed by atoms with Crippen LogP contribution in [0.3, 0.4) is 0 Å². The highest BCUT2D eigenvalue weighted by Gasteiger charge is 2.45. The van der Waals surface area contributed by atoms with E-state index in [9.17, 15) is 0 Å². The number of hydrogen-bond donors (Lipinski definition) is 4. The number of hydrogen-bond acceptors (Lipinski definition) is 6. The predicted molar refractivity (Wildman–Crippen MR) is 117 cm³/mol. The standard InChI is InChI=1S/C10H10N2S.C7H8OS.C2H6.CH4N2/c1-7-9(13)4-8(5-12-7)10(6-11)2-3-10;1-6-2-4-7(9-8)5-3-6;1-2;2-1-3/h4-5,13H,2-3H2,1H3;2-5,8H,1H3;1-2H3;1H,(H3,2,3). The molecule has 1 aliphatic carbocycles. The second-order valence-electron chi connectivity index (χ2n) is 5.59. The second-order valence-corrected chi connectivity index (χ2v) is 6.73. The Hall–Kier alpha value is -2.01. The van der Waals surface area contributed by atoms with Gasteiger partial charge in [0.25, 0.3) is 0 Å². The van der Waals surface area contributed by atoms with Gasteiger partial charge in [-0.2, -0.15) is 5.26 Å². The molecule has 1 aromatic heterocycles. The summed E-state index contributed by atoms with van der Waals surface area (Å²) < 4.78 is 8.55. The minimum absolute atomic E-state index is 0.238. The lowest BCUT2D eigenvalue weighted by atomic mass is 10.00. The van der Waals surface area contributed by atoms with E-state index in [0.29, 0.717) is 0 Å². The van der Waals surface area contributed by atoms with Gasteiger partial charge < -0.3 is 10.3 Å². The first kappa shape index (κ1) is 25.0. The molecule has 1 fully saturated rings. The number of rotatable bonds is 2. The van der Waals surface area contributed by atoms with Gasteiger partial charge in [-0.15, -0.1) is 12.6 Å². The number of nitrogens with two attached hydrogens (primary N) is 1.